The summed E-state index contributed by atoms with van der Waals surface area (Å²) >= 11 is 0. The zero-order chi connectivity index (χ0) is 19.9. The highest BCUT2D eigenvalue weighted by molar-refractivity contribution is 6.04. The SMILES string of the molecule is CC(C)CC(=O)Nc1ccc(NC(=O)c2ccc(-c3ccccc3)cc2)cc1. The van der Waals surface area contributed by atoms with E-state index in [9.17, 15) is 9.59 Å². The smallest absolute Gasteiger partial charge is 0.255 e. The Labute approximate surface area is 165 Å². The highest BCUT2D eigenvalue weighted by Gasteiger charge is 2.08. The number of nitrogens with one attached hydrogen (secondary N) is 2. The zero-order valence-electron chi connectivity index (χ0n) is 16.1. The van der Waals surface area contributed by atoms with Gasteiger partial charge in [0.05, 0.1) is 0 Å². The lowest BCUT2D eigenvalue weighted by atomic mass is 10.0. The summed E-state index contributed by atoms with van der Waals surface area (Å²) in [6.45, 7) is 4.01. The molecule has 0 heterocycles. The Balaban J connectivity index is 1.60. The first-order chi connectivity index (χ1) is 13.5. The van der Waals surface area contributed by atoms with Gasteiger partial charge in [0.25, 0.3) is 5.91 Å². The number of benzene rings is 3. The quantitative estimate of drug-likeness (QED) is 0.592. The number of anilines is 2. The molecule has 3 aromatic carbocycles. The molecule has 4 nitrogen and oxygen atoms in total. The largest absolute Gasteiger partial charge is 0.326 e. The molecular formula is C24H24N2O2. The molecule has 0 aromatic heterocycles. The Morgan fingerprint density at radius 3 is 1.82 bits per heavy atom. The predicted octanol–water partition coefficient (Wildman–Crippen LogP) is 5.59. The minimum absolute atomic E-state index is 0.00899. The van der Waals surface area contributed by atoms with Crippen molar-refractivity contribution in [1.29, 1.82) is 0 Å². The fourth-order valence-electron chi connectivity index (χ4n) is 2.87. The summed E-state index contributed by atoms with van der Waals surface area (Å²) in [6, 6.07) is 24.7. The van der Waals surface area contributed by atoms with Gasteiger partial charge in [-0.2, -0.15) is 0 Å². The van der Waals surface area contributed by atoms with Crippen molar-refractivity contribution in [1.82, 2.24) is 0 Å². The number of amides is 2. The Bertz CT molecular complexity index is 931. The van der Waals surface area contributed by atoms with Gasteiger partial charge < -0.3 is 10.6 Å². The normalized spacial score (nSPS) is 10.5. The molecule has 4 heteroatoms. The fourth-order valence-corrected chi connectivity index (χ4v) is 2.87. The van der Waals surface area contributed by atoms with E-state index in [4.69, 9.17) is 0 Å². The second-order valence-electron chi connectivity index (χ2n) is 7.12. The minimum atomic E-state index is -0.170. The number of carbonyl (C=O) groups is 2. The predicted molar refractivity (Wildman–Crippen MR) is 114 cm³/mol. The van der Waals surface area contributed by atoms with Crippen LogP contribution in [0.2, 0.25) is 0 Å². The number of rotatable bonds is 6. The van der Waals surface area contributed by atoms with Crippen LogP contribution in [0.25, 0.3) is 11.1 Å². The third kappa shape index (κ3) is 5.30. The molecule has 2 N–H and O–H groups in total. The topological polar surface area (TPSA) is 58.2 Å². The maximum atomic E-state index is 12.5. The molecule has 0 fully saturated rings. The van der Waals surface area contributed by atoms with Gasteiger partial charge in [0.1, 0.15) is 0 Å². The van der Waals surface area contributed by atoms with E-state index in [1.807, 2.05) is 68.4 Å². The highest BCUT2D eigenvalue weighted by Crippen LogP contribution is 2.20. The Morgan fingerprint density at radius 1 is 0.714 bits per heavy atom. The van der Waals surface area contributed by atoms with Crippen LogP contribution in [0.1, 0.15) is 30.6 Å². The van der Waals surface area contributed by atoms with E-state index in [1.165, 1.54) is 0 Å². The monoisotopic (exact) mass is 372 g/mol. The van der Waals surface area contributed by atoms with E-state index < -0.39 is 0 Å². The molecule has 0 aliphatic heterocycles. The van der Waals surface area contributed by atoms with Gasteiger partial charge in [-0.05, 0) is 53.4 Å². The fraction of sp³-hybridized carbons (Fsp3) is 0.167. The zero-order valence-corrected chi connectivity index (χ0v) is 16.1. The average molecular weight is 372 g/mol. The first-order valence-electron chi connectivity index (χ1n) is 9.38. The molecule has 142 valence electrons. The summed E-state index contributed by atoms with van der Waals surface area (Å²) in [5, 5.41) is 5.73. The van der Waals surface area contributed by atoms with Gasteiger partial charge in [-0.25, -0.2) is 0 Å². The summed E-state index contributed by atoms with van der Waals surface area (Å²) in [6.07, 6.45) is 0.484. The molecule has 0 saturated heterocycles. The van der Waals surface area contributed by atoms with Gasteiger partial charge in [-0.3, -0.25) is 9.59 Å². The summed E-state index contributed by atoms with van der Waals surface area (Å²) in [5.74, 6) is 0.133. The highest BCUT2D eigenvalue weighted by atomic mass is 16.2. The molecule has 3 rings (SSSR count). The molecule has 3 aromatic rings. The molecule has 0 aliphatic rings. The van der Waals surface area contributed by atoms with E-state index >= 15 is 0 Å². The third-order valence-corrected chi connectivity index (χ3v) is 4.27. The van der Waals surface area contributed by atoms with E-state index in [-0.39, 0.29) is 11.8 Å². The Morgan fingerprint density at radius 2 is 1.25 bits per heavy atom. The van der Waals surface area contributed by atoms with Crippen molar-refractivity contribution < 1.29 is 9.59 Å². The Kier molecular flexibility index (Phi) is 6.22. The molecule has 0 aliphatic carbocycles. The summed E-state index contributed by atoms with van der Waals surface area (Å²) in [7, 11) is 0. The van der Waals surface area contributed by atoms with Crippen LogP contribution in [-0.2, 0) is 4.79 Å². The van der Waals surface area contributed by atoms with Crippen molar-refractivity contribution in [3.05, 3.63) is 84.4 Å². The van der Waals surface area contributed by atoms with Crippen LogP contribution in [0.15, 0.2) is 78.9 Å². The molecule has 0 unspecified atom stereocenters. The Hall–Kier alpha value is -3.40. The van der Waals surface area contributed by atoms with E-state index in [0.717, 1.165) is 16.8 Å². The maximum Gasteiger partial charge on any atom is 0.255 e. The van der Waals surface area contributed by atoms with Crippen molar-refractivity contribution in [2.24, 2.45) is 5.92 Å². The van der Waals surface area contributed by atoms with Gasteiger partial charge in [0.2, 0.25) is 5.91 Å². The second-order valence-corrected chi connectivity index (χ2v) is 7.12. The first kappa shape index (κ1) is 19.4. The van der Waals surface area contributed by atoms with Crippen LogP contribution >= 0.6 is 0 Å². The molecule has 0 radical (unpaired) electrons. The van der Waals surface area contributed by atoms with Crippen molar-refractivity contribution >= 4 is 23.2 Å². The van der Waals surface area contributed by atoms with Crippen LogP contribution in [0.5, 0.6) is 0 Å². The van der Waals surface area contributed by atoms with E-state index in [2.05, 4.69) is 10.6 Å². The lowest BCUT2D eigenvalue weighted by Crippen LogP contribution is -2.14. The van der Waals surface area contributed by atoms with Crippen LogP contribution < -0.4 is 10.6 Å². The maximum absolute atomic E-state index is 12.5. The lowest BCUT2D eigenvalue weighted by Gasteiger charge is -2.09. The number of hydrogen-bond acceptors (Lipinski definition) is 2. The standard InChI is InChI=1S/C24H24N2O2/c1-17(2)16-23(27)25-21-12-14-22(15-13-21)26-24(28)20-10-8-19(9-11-20)18-6-4-3-5-7-18/h3-15,17H,16H2,1-2H3,(H,25,27)(H,26,28). The first-order valence-corrected chi connectivity index (χ1v) is 9.38. The van der Waals surface area contributed by atoms with Crippen molar-refractivity contribution in [2.75, 3.05) is 10.6 Å². The lowest BCUT2D eigenvalue weighted by molar-refractivity contribution is -0.116. The van der Waals surface area contributed by atoms with E-state index in [0.29, 0.717) is 23.6 Å². The van der Waals surface area contributed by atoms with E-state index in [1.54, 1.807) is 24.3 Å². The van der Waals surface area contributed by atoms with Gasteiger partial charge in [-0.15, -0.1) is 0 Å². The molecular weight excluding hydrogens is 348 g/mol. The summed E-state index contributed by atoms with van der Waals surface area (Å²) < 4.78 is 0. The van der Waals surface area contributed by atoms with Crippen molar-refractivity contribution in [2.45, 2.75) is 20.3 Å². The van der Waals surface area contributed by atoms with Crippen LogP contribution in [0.3, 0.4) is 0 Å². The van der Waals surface area contributed by atoms with Crippen LogP contribution in [0.4, 0.5) is 11.4 Å². The van der Waals surface area contributed by atoms with Crippen LogP contribution in [-0.4, -0.2) is 11.8 Å². The minimum Gasteiger partial charge on any atom is -0.326 e. The molecule has 0 saturated carbocycles. The van der Waals surface area contributed by atoms with Gasteiger partial charge in [-0.1, -0.05) is 56.3 Å². The van der Waals surface area contributed by atoms with Gasteiger partial charge in [0.15, 0.2) is 0 Å². The van der Waals surface area contributed by atoms with Gasteiger partial charge >= 0.3 is 0 Å². The number of hydrogen-bond donors (Lipinski definition) is 2. The summed E-state index contributed by atoms with van der Waals surface area (Å²) in [5.41, 5.74) is 4.17. The van der Waals surface area contributed by atoms with Gasteiger partial charge in [0, 0.05) is 23.4 Å². The molecule has 28 heavy (non-hydrogen) atoms. The second kappa shape index (κ2) is 9.00. The third-order valence-electron chi connectivity index (χ3n) is 4.27. The average Bonchev–Trinajstić information content (AvgIpc) is 2.69. The summed E-state index contributed by atoms with van der Waals surface area (Å²) in [4.78, 5) is 24.3. The molecule has 2 amide bonds. The molecule has 0 spiro atoms. The molecule has 0 bridgehead atoms. The number of carbonyl (C=O) groups excluding carboxylic acids is 2. The van der Waals surface area contributed by atoms with Crippen LogP contribution in [0, 0.1) is 5.92 Å². The molecule has 0 atom stereocenters. The van der Waals surface area contributed by atoms with Crippen molar-refractivity contribution in [3.63, 3.8) is 0 Å². The van der Waals surface area contributed by atoms with Crippen molar-refractivity contribution in [3.8, 4) is 11.1 Å².